The highest BCUT2D eigenvalue weighted by atomic mass is 32.2. The first-order chi connectivity index (χ1) is 5.33. The van der Waals surface area contributed by atoms with Gasteiger partial charge in [0.15, 0.2) is 0 Å². The molecule has 0 amide bonds. The highest BCUT2D eigenvalue weighted by Gasteiger charge is 2.29. The zero-order valence-corrected chi connectivity index (χ0v) is 9.04. The Hall–Kier alpha value is 0.620. The van der Waals surface area contributed by atoms with E-state index in [1.54, 1.807) is 0 Å². The Morgan fingerprint density at radius 1 is 1.18 bits per heavy atom. The lowest BCUT2D eigenvalue weighted by Gasteiger charge is -2.25. The number of nitrogens with zero attached hydrogens (tertiary/aromatic N) is 2. The van der Waals surface area contributed by atoms with E-state index in [1.165, 1.54) is 19.5 Å². The van der Waals surface area contributed by atoms with Gasteiger partial charge in [-0.3, -0.25) is 0 Å². The van der Waals surface area contributed by atoms with Gasteiger partial charge in [0.05, 0.1) is 6.17 Å². The second kappa shape index (κ2) is 4.60. The highest BCUT2D eigenvalue weighted by molar-refractivity contribution is 7.97. The third kappa shape index (κ3) is 2.05. The van der Waals surface area contributed by atoms with Crippen LogP contribution in [0.5, 0.6) is 0 Å². The van der Waals surface area contributed by atoms with Crippen molar-refractivity contribution < 1.29 is 0 Å². The molecule has 0 aromatic rings. The molecule has 1 heterocycles. The largest absolute Gasteiger partial charge is 0.232 e. The van der Waals surface area contributed by atoms with Crippen LogP contribution in [0.25, 0.3) is 0 Å². The van der Waals surface area contributed by atoms with E-state index in [0.29, 0.717) is 6.17 Å². The Morgan fingerprint density at radius 2 is 1.64 bits per heavy atom. The molecule has 66 valence electrons. The Kier molecular flexibility index (Phi) is 4.06. The van der Waals surface area contributed by atoms with Crippen molar-refractivity contribution in [2.45, 2.75) is 19.5 Å². The Morgan fingerprint density at radius 3 is 1.91 bits per heavy atom. The molecule has 1 rings (SSSR count). The van der Waals surface area contributed by atoms with E-state index < -0.39 is 0 Å². The van der Waals surface area contributed by atoms with Gasteiger partial charge in [-0.15, -0.1) is 0 Å². The molecule has 0 aliphatic carbocycles. The molecule has 2 nitrogen and oxygen atoms in total. The summed E-state index contributed by atoms with van der Waals surface area (Å²) in [6.07, 6.45) is 6.20. The number of hydrogen-bond acceptors (Lipinski definition) is 4. The summed E-state index contributed by atoms with van der Waals surface area (Å²) in [6.45, 7) is 4.67. The molecule has 0 spiro atoms. The Labute approximate surface area is 78.0 Å². The summed E-state index contributed by atoms with van der Waals surface area (Å²) in [7, 11) is 0. The molecule has 0 N–H and O–H groups in total. The fourth-order valence-electron chi connectivity index (χ4n) is 1.47. The fraction of sp³-hybridized carbons (Fsp3) is 1.00. The van der Waals surface area contributed by atoms with E-state index in [1.807, 2.05) is 23.9 Å². The van der Waals surface area contributed by atoms with Crippen LogP contribution in [0, 0.1) is 0 Å². The van der Waals surface area contributed by atoms with Gasteiger partial charge in [0.1, 0.15) is 0 Å². The third-order valence-electron chi connectivity index (χ3n) is 2.04. The van der Waals surface area contributed by atoms with E-state index in [9.17, 15) is 0 Å². The number of hydrogen-bond donors (Lipinski definition) is 0. The van der Waals surface area contributed by atoms with E-state index in [2.05, 4.69) is 28.0 Å². The minimum absolute atomic E-state index is 0.653. The molecule has 1 fully saturated rings. The van der Waals surface area contributed by atoms with Crippen molar-refractivity contribution in [1.29, 1.82) is 0 Å². The van der Waals surface area contributed by atoms with Crippen molar-refractivity contribution in [3.63, 3.8) is 0 Å². The normalized spacial score (nSPS) is 23.2. The third-order valence-corrected chi connectivity index (χ3v) is 3.83. The van der Waals surface area contributed by atoms with Crippen molar-refractivity contribution in [2.24, 2.45) is 0 Å². The molecule has 1 saturated heterocycles. The van der Waals surface area contributed by atoms with Crippen LogP contribution < -0.4 is 0 Å². The molecule has 1 aliphatic heterocycles. The minimum atomic E-state index is 0.653. The predicted octanol–water partition coefficient (Wildman–Crippen LogP) is 1.90. The van der Waals surface area contributed by atoms with Crippen molar-refractivity contribution in [2.75, 3.05) is 25.6 Å². The summed E-state index contributed by atoms with van der Waals surface area (Å²) in [5.41, 5.74) is 0. The van der Waals surface area contributed by atoms with Crippen molar-refractivity contribution in [3.05, 3.63) is 0 Å². The van der Waals surface area contributed by atoms with Crippen LogP contribution in [0.4, 0.5) is 0 Å². The smallest absolute Gasteiger partial charge is 0.0814 e. The van der Waals surface area contributed by atoms with Gasteiger partial charge in [-0.2, -0.15) is 0 Å². The molecule has 0 saturated carbocycles. The van der Waals surface area contributed by atoms with Gasteiger partial charge in [0.25, 0.3) is 0 Å². The maximum absolute atomic E-state index is 2.45. The molecular formula is C7H16N2S2. The molecule has 0 radical (unpaired) electrons. The van der Waals surface area contributed by atoms with Gasteiger partial charge >= 0.3 is 0 Å². The average Bonchev–Trinajstić information content (AvgIpc) is 2.45. The average molecular weight is 192 g/mol. The fourth-order valence-corrected chi connectivity index (χ4v) is 3.07. The van der Waals surface area contributed by atoms with E-state index >= 15 is 0 Å². The molecule has 1 aliphatic rings. The van der Waals surface area contributed by atoms with Crippen molar-refractivity contribution in [1.82, 2.24) is 8.61 Å². The molecule has 0 aromatic carbocycles. The SMILES string of the molecule is CCC1N(SC)CCN1SC. The maximum Gasteiger partial charge on any atom is 0.0814 e. The quantitative estimate of drug-likeness (QED) is 0.630. The summed E-state index contributed by atoms with van der Waals surface area (Å²) < 4.78 is 4.91. The lowest BCUT2D eigenvalue weighted by atomic mass is 10.4. The van der Waals surface area contributed by atoms with Gasteiger partial charge in [-0.25, -0.2) is 8.61 Å². The zero-order valence-electron chi connectivity index (χ0n) is 7.41. The first-order valence-electron chi connectivity index (χ1n) is 3.95. The molecule has 4 heteroatoms. The first-order valence-corrected chi connectivity index (χ1v) is 6.31. The summed E-state index contributed by atoms with van der Waals surface area (Å²) >= 11 is 3.73. The monoisotopic (exact) mass is 192 g/mol. The van der Waals surface area contributed by atoms with Gasteiger partial charge in [0, 0.05) is 13.1 Å². The summed E-state index contributed by atoms with van der Waals surface area (Å²) in [5, 5.41) is 0. The molecule has 0 aromatic heterocycles. The molecule has 0 bridgehead atoms. The van der Waals surface area contributed by atoms with Crippen LogP contribution in [-0.4, -0.2) is 40.4 Å². The van der Waals surface area contributed by atoms with E-state index in [0.717, 1.165) is 0 Å². The van der Waals surface area contributed by atoms with Gasteiger partial charge in [0.2, 0.25) is 0 Å². The predicted molar refractivity (Wildman–Crippen MR) is 54.5 cm³/mol. The second-order valence-electron chi connectivity index (χ2n) is 2.54. The number of rotatable bonds is 3. The van der Waals surface area contributed by atoms with Crippen LogP contribution in [0.1, 0.15) is 13.3 Å². The van der Waals surface area contributed by atoms with Crippen molar-refractivity contribution in [3.8, 4) is 0 Å². The Bertz CT molecular complexity index is 109. The van der Waals surface area contributed by atoms with Crippen LogP contribution in [0.15, 0.2) is 0 Å². The molecule has 0 unspecified atom stereocenters. The second-order valence-corrected chi connectivity index (χ2v) is 4.20. The maximum atomic E-state index is 2.45. The van der Waals surface area contributed by atoms with Gasteiger partial charge < -0.3 is 0 Å². The van der Waals surface area contributed by atoms with Crippen LogP contribution in [0.2, 0.25) is 0 Å². The van der Waals surface area contributed by atoms with Crippen LogP contribution >= 0.6 is 23.9 Å². The van der Waals surface area contributed by atoms with E-state index in [4.69, 9.17) is 0 Å². The lowest BCUT2D eigenvalue weighted by Crippen LogP contribution is -2.30. The molecule has 0 atom stereocenters. The summed E-state index contributed by atoms with van der Waals surface area (Å²) in [4.78, 5) is 0. The Balaban J connectivity index is 2.48. The topological polar surface area (TPSA) is 6.48 Å². The lowest BCUT2D eigenvalue weighted by molar-refractivity contribution is 0.316. The van der Waals surface area contributed by atoms with Crippen molar-refractivity contribution >= 4 is 23.9 Å². The summed E-state index contributed by atoms with van der Waals surface area (Å²) in [6, 6.07) is 0. The highest BCUT2D eigenvalue weighted by Crippen LogP contribution is 2.27. The zero-order chi connectivity index (χ0) is 8.27. The van der Waals surface area contributed by atoms with Crippen LogP contribution in [-0.2, 0) is 0 Å². The standard InChI is InChI=1S/C7H16N2S2/c1-4-7-8(10-2)5-6-9(7)11-3/h7H,4-6H2,1-3H3. The minimum Gasteiger partial charge on any atom is -0.232 e. The van der Waals surface area contributed by atoms with Gasteiger partial charge in [-0.1, -0.05) is 30.8 Å². The van der Waals surface area contributed by atoms with E-state index in [-0.39, 0.29) is 0 Å². The van der Waals surface area contributed by atoms with Crippen LogP contribution in [0.3, 0.4) is 0 Å². The summed E-state index contributed by atoms with van der Waals surface area (Å²) in [5.74, 6) is 0. The first kappa shape index (κ1) is 9.71. The molecular weight excluding hydrogens is 176 g/mol. The molecule has 11 heavy (non-hydrogen) atoms. The van der Waals surface area contributed by atoms with Gasteiger partial charge in [-0.05, 0) is 18.9 Å².